The fourth-order valence-electron chi connectivity index (χ4n) is 22.3. The number of methoxy groups -OCH3 is 1. The lowest BCUT2D eigenvalue weighted by Crippen LogP contribution is -2.56. The molecule has 0 bridgehead atoms. The second-order valence-electron chi connectivity index (χ2n) is 46.8. The van der Waals surface area contributed by atoms with E-state index >= 15 is 0 Å². The summed E-state index contributed by atoms with van der Waals surface area (Å²) < 4.78 is 50.3. The van der Waals surface area contributed by atoms with Gasteiger partial charge in [-0.3, -0.25) is 0 Å². The molecule has 0 aromatic heterocycles. The molecule has 0 heterocycles. The van der Waals surface area contributed by atoms with Gasteiger partial charge in [0.15, 0.2) is 25.0 Å². The van der Waals surface area contributed by atoms with Crippen LogP contribution in [-0.4, -0.2) is 191 Å². The molecule has 9 fully saturated rings. The molecule has 123 heavy (non-hydrogen) atoms. The van der Waals surface area contributed by atoms with Crippen LogP contribution in [0.25, 0.3) is 0 Å². The third kappa shape index (κ3) is 29.8. The summed E-state index contributed by atoms with van der Waals surface area (Å²) in [4.78, 5) is 0. The van der Waals surface area contributed by atoms with Gasteiger partial charge in [0.25, 0.3) is 0 Å². The maximum atomic E-state index is 10.4. The molecule has 9 aliphatic rings. The number of ether oxygens (including phenoxy) is 5. The van der Waals surface area contributed by atoms with Crippen molar-refractivity contribution in [2.24, 2.45) is 69.5 Å². The molecule has 19 heteroatoms. The predicted octanol–water partition coefficient (Wildman–Crippen LogP) is 22.6. The summed E-state index contributed by atoms with van der Waals surface area (Å²) in [5.74, 6) is 5.37. The van der Waals surface area contributed by atoms with Gasteiger partial charge in [0.05, 0.1) is 93.1 Å². The Morgan fingerprint density at radius 3 is 1.02 bits per heavy atom. The molecule has 9 unspecified atom stereocenters. The van der Waals surface area contributed by atoms with Crippen molar-refractivity contribution < 1.29 is 77.8 Å². The van der Waals surface area contributed by atoms with Crippen LogP contribution in [-0.2, 0) is 37.0 Å². The Balaban J connectivity index is 0.000000270. The smallest absolute Gasteiger partial charge is 0.192 e. The molecule has 0 saturated heterocycles. The van der Waals surface area contributed by atoms with Gasteiger partial charge >= 0.3 is 0 Å². The van der Waals surface area contributed by atoms with Crippen LogP contribution >= 0.6 is 0 Å². The number of hydrogen-bond donors (Lipinski definition) is 8. The highest BCUT2D eigenvalue weighted by atomic mass is 28.4. The van der Waals surface area contributed by atoms with E-state index in [1.807, 2.05) is 27.7 Å². The zero-order valence-corrected chi connectivity index (χ0v) is 86.1. The van der Waals surface area contributed by atoms with Crippen LogP contribution in [0.1, 0.15) is 299 Å². The first-order valence-electron chi connectivity index (χ1n) is 48.5. The van der Waals surface area contributed by atoms with Gasteiger partial charge in [-0.05, 0) is 320 Å². The molecule has 708 valence electrons. The minimum atomic E-state index is -2.13. The molecule has 0 spiro atoms. The quantitative estimate of drug-likeness (QED) is 0.0132. The monoisotopic (exact) mass is 1770 g/mol. The van der Waals surface area contributed by atoms with E-state index in [0.29, 0.717) is 128 Å². The van der Waals surface area contributed by atoms with E-state index in [2.05, 4.69) is 230 Å². The molecule has 16 nitrogen and oxygen atoms in total. The van der Waals surface area contributed by atoms with Crippen molar-refractivity contribution in [2.45, 2.75) is 426 Å². The minimum absolute atomic E-state index is 0.0584. The Morgan fingerprint density at radius 1 is 0.407 bits per heavy atom. The molecule has 0 radical (unpaired) electrons. The Bertz CT molecular complexity index is 3360. The van der Waals surface area contributed by atoms with E-state index in [0.717, 1.165) is 43.3 Å². The highest BCUT2D eigenvalue weighted by Gasteiger charge is 2.55. The normalized spacial score (nSPS) is 33.4. The van der Waals surface area contributed by atoms with Gasteiger partial charge in [-0.1, -0.05) is 210 Å². The highest BCUT2D eigenvalue weighted by Crippen LogP contribution is 2.63. The van der Waals surface area contributed by atoms with Gasteiger partial charge < -0.3 is 77.8 Å². The Labute approximate surface area is 753 Å². The molecule has 9 rings (SSSR count). The fourth-order valence-corrected chi connectivity index (χ4v) is 25.9. The maximum Gasteiger partial charge on any atom is 0.192 e. The van der Waals surface area contributed by atoms with Crippen LogP contribution in [0, 0.1) is 69.5 Å². The summed E-state index contributed by atoms with van der Waals surface area (Å²) in [5, 5.41) is 80.0. The average molecular weight is 1770 g/mol. The van der Waals surface area contributed by atoms with Crippen LogP contribution in [0.5, 0.6) is 0 Å². The standard InChI is InChI=1S/C48H92O6Si3.2C28H46O5/c1-36(23-21-29-47(11,12)51-35-49-14)39-27-28-40-38(24-22-30-48(39,40)13)26-25-37-33-41(53-56(17,18)45(5,6)7)43(42(34-37)54-57(19,20)46(8,9)10)50-31-32-52-55(15,16)44(2,3)4;2*1-19(7-5-13-27(2,3)32)22-11-12-23-21(8-6-14-28(22,23)4)10-9-20-17-24(30)26(25(31)18-20)33-16-15-29/h21,23,25-26,36,39-43H,22,24,27-35H2,1-20H3;2*5,7,9-10,19,22-26,29-32H,6,8,11-18H2,1-4H3/b23-21+,37-25?,38-26+;2*7-5+,20-9?,21-10+/t36-,39?,40?,41-,42-,43?,48?;2*19-,22?,23?,24-,25-,26?,28?/m111/s1. The molecule has 0 aromatic rings. The summed E-state index contributed by atoms with van der Waals surface area (Å²) >= 11 is 0. The number of aliphatic hydroxyl groups excluding tert-OH is 6. The van der Waals surface area contributed by atoms with Gasteiger partial charge in [-0.15, -0.1) is 0 Å². The first kappa shape index (κ1) is 108. The Hall–Kier alpha value is -2.33. The van der Waals surface area contributed by atoms with E-state index < -0.39 is 72.8 Å². The molecule has 0 aromatic carbocycles. The van der Waals surface area contributed by atoms with Crippen molar-refractivity contribution >= 4 is 25.0 Å². The molecular formula is C104H184O16Si3. The van der Waals surface area contributed by atoms with Crippen molar-refractivity contribution in [3.05, 3.63) is 106 Å². The van der Waals surface area contributed by atoms with Crippen LogP contribution in [0.15, 0.2) is 106 Å². The van der Waals surface area contributed by atoms with Crippen molar-refractivity contribution in [1.29, 1.82) is 0 Å². The number of allylic oxidation sites excluding steroid dienone is 12. The number of fused-ring (bicyclic) bond motifs is 3. The minimum Gasteiger partial charge on any atom is -0.414 e. The molecule has 18 atom stereocenters. The van der Waals surface area contributed by atoms with Crippen molar-refractivity contribution in [3.8, 4) is 0 Å². The first-order chi connectivity index (χ1) is 57.0. The van der Waals surface area contributed by atoms with Crippen LogP contribution in [0.2, 0.25) is 54.4 Å². The molecule has 0 aliphatic heterocycles. The topological polar surface area (TPSA) is 236 Å². The third-order valence-corrected chi connectivity index (χ3v) is 45.9. The third-order valence-electron chi connectivity index (χ3n) is 32.4. The molecule has 0 amide bonds. The van der Waals surface area contributed by atoms with E-state index in [4.69, 9.17) is 47.2 Å². The lowest BCUT2D eigenvalue weighted by molar-refractivity contribution is -0.115. The second-order valence-corrected chi connectivity index (χ2v) is 61.1. The maximum absolute atomic E-state index is 10.4. The van der Waals surface area contributed by atoms with E-state index in [1.54, 1.807) is 12.7 Å². The van der Waals surface area contributed by atoms with E-state index in [1.165, 1.54) is 100 Å². The van der Waals surface area contributed by atoms with Crippen LogP contribution < -0.4 is 0 Å². The van der Waals surface area contributed by atoms with E-state index in [9.17, 15) is 30.6 Å². The highest BCUT2D eigenvalue weighted by molar-refractivity contribution is 6.75. The largest absolute Gasteiger partial charge is 0.414 e. The lowest BCUT2D eigenvalue weighted by Gasteiger charge is -2.48. The summed E-state index contributed by atoms with van der Waals surface area (Å²) in [6, 6.07) is 0. The lowest BCUT2D eigenvalue weighted by atomic mass is 9.61. The summed E-state index contributed by atoms with van der Waals surface area (Å²) in [5.41, 5.74) is 7.68. The fraction of sp³-hybridized carbons (Fsp3) is 0.827. The zero-order chi connectivity index (χ0) is 91.9. The average Bonchev–Trinajstić information content (AvgIpc) is 1.63. The number of rotatable bonds is 33. The van der Waals surface area contributed by atoms with Gasteiger partial charge in [-0.25, -0.2) is 0 Å². The predicted molar refractivity (Wildman–Crippen MR) is 514 cm³/mol. The molecular weight excluding hydrogens is 1590 g/mol. The van der Waals surface area contributed by atoms with Gasteiger partial charge in [-0.2, -0.15) is 0 Å². The number of aliphatic hydroxyl groups is 8. The molecule has 9 aliphatic carbocycles. The molecule has 9 saturated carbocycles. The van der Waals surface area contributed by atoms with Gasteiger partial charge in [0.1, 0.15) is 25.1 Å². The SMILES string of the molecule is COCOC(C)(C)C/C=C/[C@@H](C)C1CCC2/C(=C/C=C3C[C@@H](O[Si](C)(C)C(C)(C)C)C(OCCO[Si](C)(C)C(C)(C)C)[C@H](O[Si](C)(C)C(C)(C)C)C3)CCCC21C.C[C@H](/C=C/CC(C)(C)O)C1CCC2/C(=C/C=C3C[C@@H](O)C(OCCO)[C@H](O)C3)CCCC21C.C[C@H](/C=C/CC(C)(C)O)C1CCC2/C(=C/C=C3C[C@@H](O)C(OCCO)[C@H](O)C3)CCCC21C. The second kappa shape index (κ2) is 45.4. The van der Waals surface area contributed by atoms with Crippen molar-refractivity contribution in [2.75, 3.05) is 53.5 Å². The summed E-state index contributed by atoms with van der Waals surface area (Å²) in [6.45, 7) is 63.1. The first-order valence-corrected chi connectivity index (χ1v) is 57.2. The Morgan fingerprint density at radius 2 is 0.715 bits per heavy atom. The van der Waals surface area contributed by atoms with Crippen LogP contribution in [0.3, 0.4) is 0 Å². The molecule has 8 N–H and O–H groups in total. The van der Waals surface area contributed by atoms with Crippen molar-refractivity contribution in [1.82, 2.24) is 0 Å². The van der Waals surface area contributed by atoms with E-state index in [-0.39, 0.29) is 65.5 Å². The van der Waals surface area contributed by atoms with Gasteiger partial charge in [0, 0.05) is 7.11 Å². The van der Waals surface area contributed by atoms with Crippen molar-refractivity contribution in [3.63, 3.8) is 0 Å². The van der Waals surface area contributed by atoms with Gasteiger partial charge in [0.2, 0.25) is 0 Å². The summed E-state index contributed by atoms with van der Waals surface area (Å²) in [7, 11) is -4.46. The Kier molecular flexibility index (Phi) is 39.8. The summed E-state index contributed by atoms with van der Waals surface area (Å²) in [6.07, 6.45) is 47.8. The zero-order valence-electron chi connectivity index (χ0n) is 83.1. The number of hydrogen-bond acceptors (Lipinski definition) is 16. The van der Waals surface area contributed by atoms with Crippen LogP contribution in [0.4, 0.5) is 0 Å².